The first-order valence-electron chi connectivity index (χ1n) is 22.7. The Labute approximate surface area is 368 Å². The zero-order chi connectivity index (χ0) is 43.2. The van der Waals surface area contributed by atoms with Gasteiger partial charge in [-0.3, -0.25) is 14.9 Å². The maximum absolute atomic E-state index is 13.8. The number of para-hydroxylation sites is 1. The van der Waals surface area contributed by atoms with Crippen LogP contribution in [0.2, 0.25) is 0 Å². The van der Waals surface area contributed by atoms with E-state index in [2.05, 4.69) is 66.6 Å². The van der Waals surface area contributed by atoms with Gasteiger partial charge in [0.1, 0.15) is 29.5 Å². The average Bonchev–Trinajstić information content (AvgIpc) is 3.73. The van der Waals surface area contributed by atoms with Gasteiger partial charge in [-0.15, -0.1) is 10.2 Å². The molecular formula is C48H57N9O6. The maximum Gasteiger partial charge on any atom is 0.319 e. The lowest BCUT2D eigenvalue weighted by molar-refractivity contribution is -0.134. The smallest absolute Gasteiger partial charge is 0.319 e. The molecular weight excluding hydrogens is 799 g/mol. The number of amides is 4. The summed E-state index contributed by atoms with van der Waals surface area (Å²) in [5, 5.41) is 21.6. The number of nitrogens with one attached hydrogen (secondary N) is 1. The van der Waals surface area contributed by atoms with E-state index < -0.39 is 0 Å². The molecule has 4 aromatic rings. The highest BCUT2D eigenvalue weighted by molar-refractivity contribution is 6.02. The van der Waals surface area contributed by atoms with E-state index in [0.29, 0.717) is 56.2 Å². The summed E-state index contributed by atoms with van der Waals surface area (Å²) < 4.78 is 12.7. The van der Waals surface area contributed by atoms with Crippen LogP contribution < -0.4 is 30.5 Å². The fourth-order valence-corrected chi connectivity index (χ4v) is 11.1. The first-order valence-corrected chi connectivity index (χ1v) is 22.7. The van der Waals surface area contributed by atoms with Gasteiger partial charge in [-0.1, -0.05) is 24.3 Å². The lowest BCUT2D eigenvalue weighted by Gasteiger charge is -2.50. The number of imide groups is 1. The van der Waals surface area contributed by atoms with Crippen LogP contribution in [0.3, 0.4) is 0 Å². The van der Waals surface area contributed by atoms with Crippen molar-refractivity contribution in [3.63, 3.8) is 0 Å². The van der Waals surface area contributed by atoms with Crippen molar-refractivity contribution in [1.29, 1.82) is 0 Å². The van der Waals surface area contributed by atoms with Crippen molar-refractivity contribution in [2.75, 3.05) is 73.4 Å². The van der Waals surface area contributed by atoms with E-state index in [1.165, 1.54) is 11.3 Å². The number of hydrogen-bond acceptors (Lipinski definition) is 12. The number of phenolic OH excluding ortho intramolecular Hbond substituents is 1. The topological polar surface area (TPSA) is 170 Å². The van der Waals surface area contributed by atoms with Crippen molar-refractivity contribution in [1.82, 2.24) is 25.3 Å². The van der Waals surface area contributed by atoms with Gasteiger partial charge < -0.3 is 44.8 Å². The van der Waals surface area contributed by atoms with Crippen LogP contribution in [0.5, 0.6) is 11.5 Å². The summed E-state index contributed by atoms with van der Waals surface area (Å²) in [6.07, 6.45) is 6.82. The number of nitrogen functional groups attached to an aromatic ring is 1. The highest BCUT2D eigenvalue weighted by Crippen LogP contribution is 2.44. The zero-order valence-corrected chi connectivity index (χ0v) is 35.9. The number of likely N-dealkylation sites (tertiary alicyclic amines) is 1. The number of carbonyl (C=O) groups is 3. The molecule has 63 heavy (non-hydrogen) atoms. The number of carbonyl (C=O) groups excluding carboxylic acids is 3. The summed E-state index contributed by atoms with van der Waals surface area (Å²) in [7, 11) is 1.95. The van der Waals surface area contributed by atoms with Gasteiger partial charge in [-0.2, -0.15) is 0 Å². The molecule has 1 unspecified atom stereocenters. The normalized spacial score (nSPS) is 24.3. The molecule has 330 valence electrons. The minimum absolute atomic E-state index is 0.0188. The Morgan fingerprint density at radius 3 is 2.37 bits per heavy atom. The molecule has 0 radical (unpaired) electrons. The number of hydrogen-bond donors (Lipinski definition) is 3. The Balaban J connectivity index is 0.719. The van der Waals surface area contributed by atoms with Gasteiger partial charge in [0.15, 0.2) is 0 Å². The predicted molar refractivity (Wildman–Crippen MR) is 240 cm³/mol. The number of benzene rings is 3. The van der Waals surface area contributed by atoms with Crippen LogP contribution in [0.4, 0.5) is 27.7 Å². The first-order chi connectivity index (χ1) is 30.7. The van der Waals surface area contributed by atoms with Crippen LogP contribution in [0, 0.1) is 0 Å². The lowest BCUT2D eigenvalue weighted by Crippen LogP contribution is -2.56. The van der Waals surface area contributed by atoms with Gasteiger partial charge in [-0.25, -0.2) is 4.79 Å². The summed E-state index contributed by atoms with van der Waals surface area (Å²) in [4.78, 5) is 49.3. The zero-order valence-electron chi connectivity index (χ0n) is 35.9. The van der Waals surface area contributed by atoms with Crippen molar-refractivity contribution >= 4 is 40.7 Å². The molecule has 4 N–H and O–H groups in total. The van der Waals surface area contributed by atoms with Crippen LogP contribution in [-0.4, -0.2) is 126 Å². The molecule has 5 fully saturated rings. The molecule has 4 atom stereocenters. The third-order valence-electron chi connectivity index (χ3n) is 14.4. The molecule has 3 aromatic carbocycles. The maximum atomic E-state index is 13.8. The van der Waals surface area contributed by atoms with Crippen LogP contribution in [0.15, 0.2) is 72.8 Å². The molecule has 6 aliphatic rings. The Kier molecular flexibility index (Phi) is 11.2. The van der Waals surface area contributed by atoms with Gasteiger partial charge in [0.2, 0.25) is 11.8 Å². The number of morpholine rings is 1. The summed E-state index contributed by atoms with van der Waals surface area (Å²) >= 11 is 0. The number of fused-ring (bicyclic) bond motifs is 3. The summed E-state index contributed by atoms with van der Waals surface area (Å²) in [5.74, 6) is 1.22. The van der Waals surface area contributed by atoms with Gasteiger partial charge in [0, 0.05) is 105 Å². The van der Waals surface area contributed by atoms with Crippen LogP contribution in [0.1, 0.15) is 68.4 Å². The number of nitrogens with two attached hydrogens (primary N) is 1. The van der Waals surface area contributed by atoms with Gasteiger partial charge >= 0.3 is 6.03 Å². The number of phenols is 1. The number of anilines is 4. The van der Waals surface area contributed by atoms with Gasteiger partial charge in [0.25, 0.3) is 0 Å². The Hall–Kier alpha value is -6.09. The molecule has 6 aliphatic heterocycles. The highest BCUT2D eigenvalue weighted by Gasteiger charge is 2.41. The number of aromatic nitrogens is 2. The molecule has 5 saturated heterocycles. The minimum Gasteiger partial charge on any atom is -0.507 e. The fraction of sp³-hybridized carbons (Fsp3) is 0.479. The summed E-state index contributed by atoms with van der Waals surface area (Å²) in [6.45, 7) is 5.02. The van der Waals surface area contributed by atoms with Crippen molar-refractivity contribution < 1.29 is 29.0 Å². The molecule has 4 amide bonds. The minimum atomic E-state index is -0.310. The lowest BCUT2D eigenvalue weighted by atomic mass is 9.80. The van der Waals surface area contributed by atoms with E-state index in [-0.39, 0.29) is 59.8 Å². The molecule has 0 spiro atoms. The third-order valence-corrected chi connectivity index (χ3v) is 14.4. The second-order valence-electron chi connectivity index (χ2n) is 18.1. The van der Waals surface area contributed by atoms with Gasteiger partial charge in [-0.05, 0) is 86.9 Å². The van der Waals surface area contributed by atoms with Crippen LogP contribution >= 0.6 is 0 Å². The highest BCUT2D eigenvalue weighted by atomic mass is 16.5. The van der Waals surface area contributed by atoms with E-state index in [0.717, 1.165) is 87.3 Å². The monoisotopic (exact) mass is 855 g/mol. The number of urea groups is 1. The first kappa shape index (κ1) is 41.0. The molecule has 7 heterocycles. The van der Waals surface area contributed by atoms with E-state index in [1.54, 1.807) is 12.1 Å². The standard InChI is InChI=1S/C48H57N9O6/c1-53(31-14-19-54(20-15-31)41-9-5-10-42-38(41)18-23-56(42)43-12-13-45(59)50-47(43)60)48(61)55-21-16-35(17-22-55)63-36-7-4-6-32(26-36)57-33-24-30(25-34(57)29-62-28-33)39-27-40(51-52-46(39)49)37-8-2-3-11-44(37)58/h2-11,26-27,30-31,33-35,43,58H,12-25,28-29H2,1H3,(H2,49,52)(H,50,59,60)/t30?,33-,34+,43-/m1/s1. The van der Waals surface area contributed by atoms with E-state index in [9.17, 15) is 19.5 Å². The number of ether oxygens (including phenoxy) is 2. The number of rotatable bonds is 8. The Morgan fingerprint density at radius 2 is 1.60 bits per heavy atom. The Bertz CT molecular complexity index is 2350. The van der Waals surface area contributed by atoms with Crippen molar-refractivity contribution in [3.05, 3.63) is 83.9 Å². The van der Waals surface area contributed by atoms with Crippen molar-refractivity contribution in [2.24, 2.45) is 0 Å². The molecule has 15 nitrogen and oxygen atoms in total. The third kappa shape index (κ3) is 8.07. The van der Waals surface area contributed by atoms with Gasteiger partial charge in [0.05, 0.1) is 31.0 Å². The van der Waals surface area contributed by atoms with E-state index in [1.807, 2.05) is 41.1 Å². The average molecular weight is 856 g/mol. The Morgan fingerprint density at radius 1 is 0.857 bits per heavy atom. The van der Waals surface area contributed by atoms with Crippen molar-refractivity contribution in [3.8, 4) is 22.8 Å². The molecule has 0 aliphatic carbocycles. The second kappa shape index (κ2) is 17.2. The summed E-state index contributed by atoms with van der Waals surface area (Å²) in [5.41, 5.74) is 13.4. The van der Waals surface area contributed by atoms with E-state index >= 15 is 0 Å². The molecule has 1 aromatic heterocycles. The fourth-order valence-electron chi connectivity index (χ4n) is 11.1. The molecule has 15 heteroatoms. The van der Waals surface area contributed by atoms with Crippen LogP contribution in [-0.2, 0) is 20.7 Å². The number of aromatic hydroxyl groups is 1. The molecule has 2 bridgehead atoms. The second-order valence-corrected chi connectivity index (χ2v) is 18.1. The number of nitrogens with zero attached hydrogens (tertiary/aromatic N) is 7. The summed E-state index contributed by atoms with van der Waals surface area (Å²) in [6, 6.07) is 24.1. The number of piperidine rings is 4. The SMILES string of the molecule is CN(C(=O)N1CCC(Oc2cccc(N3[C@@H]4COC[C@H]3CC(c3cc(-c5ccccc5O)nnc3N)C4)c2)CC1)C1CCN(c2cccc3c2CCN3[C@@H]2CCC(=O)NC2=O)CC1. The largest absolute Gasteiger partial charge is 0.507 e. The van der Waals surface area contributed by atoms with E-state index in [4.69, 9.17) is 15.2 Å². The van der Waals surface area contributed by atoms with Crippen LogP contribution in [0.25, 0.3) is 11.3 Å². The quantitative estimate of drug-likeness (QED) is 0.196. The van der Waals surface area contributed by atoms with Crippen molar-refractivity contribution in [2.45, 2.75) is 94.0 Å². The predicted octanol–water partition coefficient (Wildman–Crippen LogP) is 5.31. The molecule has 10 rings (SSSR count). The molecule has 0 saturated carbocycles.